The van der Waals surface area contributed by atoms with E-state index in [-0.39, 0.29) is 5.82 Å². The molecule has 0 radical (unpaired) electrons. The molecule has 0 aliphatic carbocycles. The molecule has 0 aliphatic rings. The van der Waals surface area contributed by atoms with Crippen molar-refractivity contribution in [1.82, 2.24) is 0 Å². The average molecular weight is 241 g/mol. The SMILES string of the molecule is CCOc1ccc(NCC(C)COC)cc1F. The Balaban J connectivity index is 2.52. The van der Waals surface area contributed by atoms with Crippen LogP contribution in [0.3, 0.4) is 0 Å². The van der Waals surface area contributed by atoms with Crippen LogP contribution in [0.25, 0.3) is 0 Å². The number of benzene rings is 1. The summed E-state index contributed by atoms with van der Waals surface area (Å²) in [4.78, 5) is 0. The van der Waals surface area contributed by atoms with Crippen LogP contribution in [0, 0.1) is 11.7 Å². The Kier molecular flexibility index (Phi) is 5.77. The molecule has 0 fully saturated rings. The number of hydrogen-bond acceptors (Lipinski definition) is 3. The summed E-state index contributed by atoms with van der Waals surface area (Å²) >= 11 is 0. The molecule has 1 rings (SSSR count). The number of anilines is 1. The van der Waals surface area contributed by atoms with Gasteiger partial charge < -0.3 is 14.8 Å². The third-order valence-corrected chi connectivity index (χ3v) is 2.34. The second-order valence-electron chi connectivity index (χ2n) is 4.02. The van der Waals surface area contributed by atoms with Crippen LogP contribution in [0.1, 0.15) is 13.8 Å². The molecule has 1 aromatic carbocycles. The van der Waals surface area contributed by atoms with Crippen molar-refractivity contribution < 1.29 is 13.9 Å². The highest BCUT2D eigenvalue weighted by Crippen LogP contribution is 2.21. The molecule has 1 atom stereocenters. The van der Waals surface area contributed by atoms with Crippen LogP contribution in [0.5, 0.6) is 5.75 Å². The highest BCUT2D eigenvalue weighted by Gasteiger charge is 2.05. The molecule has 0 heterocycles. The lowest BCUT2D eigenvalue weighted by Crippen LogP contribution is -2.15. The van der Waals surface area contributed by atoms with Gasteiger partial charge >= 0.3 is 0 Å². The summed E-state index contributed by atoms with van der Waals surface area (Å²) in [5.74, 6) is 0.342. The summed E-state index contributed by atoms with van der Waals surface area (Å²) < 4.78 is 23.7. The Morgan fingerprint density at radius 1 is 1.41 bits per heavy atom. The van der Waals surface area contributed by atoms with E-state index < -0.39 is 0 Å². The zero-order valence-corrected chi connectivity index (χ0v) is 10.6. The van der Waals surface area contributed by atoms with Crippen LogP contribution in [-0.4, -0.2) is 26.9 Å². The monoisotopic (exact) mass is 241 g/mol. The van der Waals surface area contributed by atoms with E-state index in [1.165, 1.54) is 6.07 Å². The van der Waals surface area contributed by atoms with E-state index in [4.69, 9.17) is 9.47 Å². The van der Waals surface area contributed by atoms with Gasteiger partial charge in [-0.25, -0.2) is 4.39 Å². The molecular weight excluding hydrogens is 221 g/mol. The summed E-state index contributed by atoms with van der Waals surface area (Å²) in [6.07, 6.45) is 0. The van der Waals surface area contributed by atoms with Crippen molar-refractivity contribution in [3.8, 4) is 5.75 Å². The van der Waals surface area contributed by atoms with Crippen LogP contribution in [0.4, 0.5) is 10.1 Å². The fraction of sp³-hybridized carbons (Fsp3) is 0.538. The van der Waals surface area contributed by atoms with Crippen LogP contribution in [0.15, 0.2) is 18.2 Å². The predicted octanol–water partition coefficient (Wildman–Crippen LogP) is 2.92. The molecular formula is C13H20FNO2. The van der Waals surface area contributed by atoms with Crippen molar-refractivity contribution in [2.45, 2.75) is 13.8 Å². The Hall–Kier alpha value is -1.29. The van der Waals surface area contributed by atoms with Gasteiger partial charge in [0, 0.05) is 25.4 Å². The second-order valence-corrected chi connectivity index (χ2v) is 4.02. The highest BCUT2D eigenvalue weighted by molar-refractivity contribution is 5.47. The summed E-state index contributed by atoms with van der Waals surface area (Å²) in [5, 5.41) is 3.16. The molecule has 1 aromatic rings. The van der Waals surface area contributed by atoms with Gasteiger partial charge in [-0.2, -0.15) is 0 Å². The lowest BCUT2D eigenvalue weighted by molar-refractivity contribution is 0.164. The first kappa shape index (κ1) is 13.8. The molecule has 0 aliphatic heterocycles. The van der Waals surface area contributed by atoms with Gasteiger partial charge in [0.1, 0.15) is 0 Å². The molecule has 0 spiro atoms. The predicted molar refractivity (Wildman–Crippen MR) is 67.1 cm³/mol. The van der Waals surface area contributed by atoms with Gasteiger partial charge in [0.15, 0.2) is 11.6 Å². The lowest BCUT2D eigenvalue weighted by Gasteiger charge is -2.13. The van der Waals surface area contributed by atoms with Crippen LogP contribution < -0.4 is 10.1 Å². The Bertz CT molecular complexity index is 344. The van der Waals surface area contributed by atoms with E-state index in [1.54, 1.807) is 13.2 Å². The van der Waals surface area contributed by atoms with Crippen molar-refractivity contribution in [3.63, 3.8) is 0 Å². The maximum absolute atomic E-state index is 13.5. The molecule has 0 amide bonds. The normalized spacial score (nSPS) is 12.2. The molecule has 1 unspecified atom stereocenters. The minimum Gasteiger partial charge on any atom is -0.491 e. The molecule has 0 saturated carbocycles. The third-order valence-electron chi connectivity index (χ3n) is 2.34. The van der Waals surface area contributed by atoms with Gasteiger partial charge in [0.2, 0.25) is 0 Å². The molecule has 4 heteroatoms. The first-order valence-corrected chi connectivity index (χ1v) is 5.82. The van der Waals surface area contributed by atoms with Crippen LogP contribution >= 0.6 is 0 Å². The van der Waals surface area contributed by atoms with Crippen molar-refractivity contribution in [3.05, 3.63) is 24.0 Å². The zero-order chi connectivity index (χ0) is 12.7. The fourth-order valence-corrected chi connectivity index (χ4v) is 1.52. The van der Waals surface area contributed by atoms with Gasteiger partial charge in [0.05, 0.1) is 13.2 Å². The van der Waals surface area contributed by atoms with Gasteiger partial charge in [-0.3, -0.25) is 0 Å². The van der Waals surface area contributed by atoms with Crippen molar-refractivity contribution in [2.24, 2.45) is 5.92 Å². The van der Waals surface area contributed by atoms with Crippen molar-refractivity contribution >= 4 is 5.69 Å². The van der Waals surface area contributed by atoms with E-state index in [0.717, 1.165) is 12.2 Å². The summed E-state index contributed by atoms with van der Waals surface area (Å²) in [6.45, 7) is 5.81. The van der Waals surface area contributed by atoms with Crippen molar-refractivity contribution in [2.75, 3.05) is 32.2 Å². The first-order chi connectivity index (χ1) is 8.17. The fourth-order valence-electron chi connectivity index (χ4n) is 1.52. The smallest absolute Gasteiger partial charge is 0.167 e. The second kappa shape index (κ2) is 7.12. The van der Waals surface area contributed by atoms with Crippen LogP contribution in [0.2, 0.25) is 0 Å². The van der Waals surface area contributed by atoms with E-state index in [0.29, 0.717) is 24.9 Å². The number of nitrogens with one attached hydrogen (secondary N) is 1. The Morgan fingerprint density at radius 2 is 2.18 bits per heavy atom. The largest absolute Gasteiger partial charge is 0.491 e. The Labute approximate surface area is 102 Å². The Morgan fingerprint density at radius 3 is 2.76 bits per heavy atom. The molecule has 96 valence electrons. The topological polar surface area (TPSA) is 30.5 Å². The van der Waals surface area contributed by atoms with E-state index >= 15 is 0 Å². The van der Waals surface area contributed by atoms with E-state index in [2.05, 4.69) is 12.2 Å². The lowest BCUT2D eigenvalue weighted by atomic mass is 10.2. The van der Waals surface area contributed by atoms with E-state index in [9.17, 15) is 4.39 Å². The molecule has 0 bridgehead atoms. The number of rotatable bonds is 7. The average Bonchev–Trinajstić information content (AvgIpc) is 2.30. The van der Waals surface area contributed by atoms with Gasteiger partial charge in [-0.15, -0.1) is 0 Å². The minimum absolute atomic E-state index is 0.294. The van der Waals surface area contributed by atoms with Gasteiger partial charge in [-0.05, 0) is 25.0 Å². The quantitative estimate of drug-likeness (QED) is 0.796. The summed E-state index contributed by atoms with van der Waals surface area (Å²) in [7, 11) is 1.67. The summed E-state index contributed by atoms with van der Waals surface area (Å²) in [5.41, 5.74) is 0.758. The zero-order valence-electron chi connectivity index (χ0n) is 10.6. The molecule has 17 heavy (non-hydrogen) atoms. The summed E-state index contributed by atoms with van der Waals surface area (Å²) in [6, 6.07) is 4.90. The highest BCUT2D eigenvalue weighted by atomic mass is 19.1. The molecule has 0 aromatic heterocycles. The van der Waals surface area contributed by atoms with Crippen molar-refractivity contribution in [1.29, 1.82) is 0 Å². The maximum atomic E-state index is 13.5. The number of halogens is 1. The van der Waals surface area contributed by atoms with Crippen LogP contribution in [-0.2, 0) is 4.74 Å². The number of ether oxygens (including phenoxy) is 2. The van der Waals surface area contributed by atoms with Gasteiger partial charge in [0.25, 0.3) is 0 Å². The number of hydrogen-bond donors (Lipinski definition) is 1. The third kappa shape index (κ3) is 4.61. The molecule has 3 nitrogen and oxygen atoms in total. The first-order valence-electron chi connectivity index (χ1n) is 5.82. The molecule has 1 N–H and O–H groups in total. The molecule has 0 saturated heterocycles. The van der Waals surface area contributed by atoms with E-state index in [1.807, 2.05) is 13.0 Å². The number of methoxy groups -OCH3 is 1. The van der Waals surface area contributed by atoms with Gasteiger partial charge in [-0.1, -0.05) is 6.92 Å². The minimum atomic E-state index is -0.337. The maximum Gasteiger partial charge on any atom is 0.167 e. The standard InChI is InChI=1S/C13H20FNO2/c1-4-17-13-6-5-11(7-12(13)14)15-8-10(2)9-16-3/h5-7,10,15H,4,8-9H2,1-3H3.